The molecule has 0 aliphatic carbocycles. The highest BCUT2D eigenvalue weighted by atomic mass is 32.2. The molecule has 0 spiro atoms. The van der Waals surface area contributed by atoms with Crippen LogP contribution >= 0.6 is 0 Å². The number of urea groups is 1. The number of amides is 4. The zero-order chi connectivity index (χ0) is 26.9. The largest absolute Gasteiger partial charge is 0.355 e. The van der Waals surface area contributed by atoms with E-state index in [2.05, 4.69) is 10.6 Å². The molecule has 1 unspecified atom stereocenters. The van der Waals surface area contributed by atoms with Crippen molar-refractivity contribution < 1.29 is 27.2 Å². The number of benzene rings is 2. The van der Waals surface area contributed by atoms with E-state index in [0.29, 0.717) is 16.9 Å². The number of carbonyl (C=O) groups excluding carboxylic acids is 3. The SMILES string of the molecule is CC(=O)NCCN1CC2=C(C1=O)C(c1ccc(C#N)cc1S(C)(=O)=O)NC(=O)N2c1cccc(CF)c1. The van der Waals surface area contributed by atoms with Gasteiger partial charge in [0.25, 0.3) is 5.91 Å². The summed E-state index contributed by atoms with van der Waals surface area (Å²) in [6.07, 6.45) is 0.984. The van der Waals surface area contributed by atoms with Crippen LogP contribution in [0.1, 0.15) is 29.7 Å². The Balaban J connectivity index is 1.86. The summed E-state index contributed by atoms with van der Waals surface area (Å²) in [6, 6.07) is 10.5. The fourth-order valence-corrected chi connectivity index (χ4v) is 5.45. The van der Waals surface area contributed by atoms with E-state index in [1.807, 2.05) is 6.07 Å². The number of sulfone groups is 1. The molecule has 2 heterocycles. The van der Waals surface area contributed by atoms with Gasteiger partial charge < -0.3 is 15.5 Å². The van der Waals surface area contributed by atoms with Crippen LogP contribution in [0.3, 0.4) is 0 Å². The minimum atomic E-state index is -3.84. The van der Waals surface area contributed by atoms with E-state index in [1.54, 1.807) is 18.2 Å². The van der Waals surface area contributed by atoms with E-state index in [4.69, 9.17) is 0 Å². The number of carbonyl (C=O) groups is 3. The van der Waals surface area contributed by atoms with Gasteiger partial charge >= 0.3 is 6.03 Å². The first-order valence-electron chi connectivity index (χ1n) is 11.3. The molecule has 4 rings (SSSR count). The number of halogens is 1. The Hall–Kier alpha value is -4.24. The van der Waals surface area contributed by atoms with Gasteiger partial charge in [-0.25, -0.2) is 17.6 Å². The molecular weight excluding hydrogens is 501 g/mol. The van der Waals surface area contributed by atoms with Crippen LogP contribution in [0, 0.1) is 11.3 Å². The van der Waals surface area contributed by atoms with Crippen LogP contribution in [0.15, 0.2) is 58.6 Å². The molecule has 192 valence electrons. The number of nitrogens with one attached hydrogen (secondary N) is 2. The van der Waals surface area contributed by atoms with Gasteiger partial charge in [0.2, 0.25) is 5.91 Å². The van der Waals surface area contributed by atoms with Crippen molar-refractivity contribution in [1.29, 1.82) is 5.26 Å². The summed E-state index contributed by atoms with van der Waals surface area (Å²) < 4.78 is 38.6. The zero-order valence-electron chi connectivity index (χ0n) is 20.1. The number of nitrogens with zero attached hydrogens (tertiary/aromatic N) is 3. The first-order chi connectivity index (χ1) is 17.5. The van der Waals surface area contributed by atoms with Gasteiger partial charge in [-0.05, 0) is 35.4 Å². The van der Waals surface area contributed by atoms with E-state index >= 15 is 0 Å². The molecule has 0 aromatic heterocycles. The Morgan fingerprint density at radius 1 is 1.24 bits per heavy atom. The quantitative estimate of drug-likeness (QED) is 0.566. The lowest BCUT2D eigenvalue weighted by Crippen LogP contribution is -2.47. The Morgan fingerprint density at radius 2 is 2.00 bits per heavy atom. The molecule has 0 fully saturated rings. The molecule has 2 N–H and O–H groups in total. The lowest BCUT2D eigenvalue weighted by atomic mass is 9.94. The fraction of sp³-hybridized carbons (Fsp3) is 0.280. The predicted molar refractivity (Wildman–Crippen MR) is 132 cm³/mol. The maximum absolute atomic E-state index is 13.6. The van der Waals surface area contributed by atoms with Gasteiger partial charge in [0.05, 0.1) is 46.1 Å². The lowest BCUT2D eigenvalue weighted by Gasteiger charge is -2.34. The summed E-state index contributed by atoms with van der Waals surface area (Å²) in [5.41, 5.74) is 1.42. The van der Waals surface area contributed by atoms with Crippen LogP contribution in [-0.4, -0.2) is 57.1 Å². The van der Waals surface area contributed by atoms with E-state index < -0.39 is 34.5 Å². The molecule has 2 aromatic rings. The zero-order valence-corrected chi connectivity index (χ0v) is 20.9. The van der Waals surface area contributed by atoms with Crippen molar-refractivity contribution in [1.82, 2.24) is 15.5 Å². The van der Waals surface area contributed by atoms with E-state index in [1.165, 1.54) is 41.0 Å². The number of alkyl halides is 1. The van der Waals surface area contributed by atoms with Crippen molar-refractivity contribution in [2.75, 3.05) is 30.8 Å². The molecule has 4 amide bonds. The Labute approximate surface area is 213 Å². The van der Waals surface area contributed by atoms with Crippen molar-refractivity contribution in [3.63, 3.8) is 0 Å². The third-order valence-corrected chi connectivity index (χ3v) is 7.28. The van der Waals surface area contributed by atoms with E-state index in [-0.39, 0.29) is 47.1 Å². The molecule has 10 nitrogen and oxygen atoms in total. The van der Waals surface area contributed by atoms with Gasteiger partial charge in [0.15, 0.2) is 9.84 Å². The van der Waals surface area contributed by atoms with E-state index in [9.17, 15) is 32.5 Å². The summed E-state index contributed by atoms with van der Waals surface area (Å²) >= 11 is 0. The summed E-state index contributed by atoms with van der Waals surface area (Å²) in [6.45, 7) is 0.947. The normalized spacial score (nSPS) is 17.4. The average molecular weight is 526 g/mol. The molecule has 37 heavy (non-hydrogen) atoms. The Bertz CT molecular complexity index is 1480. The van der Waals surface area contributed by atoms with Crippen molar-refractivity contribution in [2.45, 2.75) is 24.5 Å². The van der Waals surface area contributed by atoms with Crippen LogP contribution in [0.4, 0.5) is 14.9 Å². The van der Waals surface area contributed by atoms with Gasteiger partial charge in [0, 0.05) is 26.3 Å². The molecule has 0 radical (unpaired) electrons. The molecule has 0 saturated carbocycles. The standard InChI is InChI=1S/C25H24FN5O5S/c1-15(32)28-8-9-30-14-20-22(24(30)33)23(19-7-6-17(13-27)11-21(19)37(2,35)36)29-25(34)31(20)18-5-3-4-16(10-18)12-26/h3-7,10-11,23H,8-9,12,14H2,1-2H3,(H,28,32)(H,29,34). The summed E-state index contributed by atoms with van der Waals surface area (Å²) in [5, 5.41) is 14.6. The van der Waals surface area contributed by atoms with Gasteiger partial charge in [-0.15, -0.1) is 0 Å². The van der Waals surface area contributed by atoms with Crippen molar-refractivity contribution in [3.05, 3.63) is 70.4 Å². The summed E-state index contributed by atoms with van der Waals surface area (Å²) in [4.78, 5) is 40.9. The Kier molecular flexibility index (Phi) is 7.00. The molecule has 2 aromatic carbocycles. The maximum atomic E-state index is 13.6. The molecule has 2 aliphatic heterocycles. The van der Waals surface area contributed by atoms with Crippen molar-refractivity contribution in [3.8, 4) is 6.07 Å². The third-order valence-electron chi connectivity index (χ3n) is 6.13. The van der Waals surface area contributed by atoms with Crippen LogP contribution in [-0.2, 0) is 26.1 Å². The molecule has 12 heteroatoms. The topological polar surface area (TPSA) is 140 Å². The average Bonchev–Trinajstić information content (AvgIpc) is 3.18. The van der Waals surface area contributed by atoms with Crippen molar-refractivity contribution >= 4 is 33.4 Å². The summed E-state index contributed by atoms with van der Waals surface area (Å²) in [7, 11) is -3.84. The first-order valence-corrected chi connectivity index (χ1v) is 13.2. The monoisotopic (exact) mass is 525 g/mol. The van der Waals surface area contributed by atoms with Gasteiger partial charge in [-0.3, -0.25) is 14.5 Å². The minimum absolute atomic E-state index is 0.0159. The first kappa shape index (κ1) is 25.8. The van der Waals surface area contributed by atoms with Gasteiger partial charge in [0.1, 0.15) is 6.67 Å². The Morgan fingerprint density at radius 3 is 2.65 bits per heavy atom. The highest BCUT2D eigenvalue weighted by molar-refractivity contribution is 7.90. The maximum Gasteiger partial charge on any atom is 0.327 e. The predicted octanol–water partition coefficient (Wildman–Crippen LogP) is 1.93. The van der Waals surface area contributed by atoms with Crippen LogP contribution in [0.25, 0.3) is 0 Å². The number of rotatable bonds is 7. The second-order valence-corrected chi connectivity index (χ2v) is 10.7. The molecule has 0 bridgehead atoms. The minimum Gasteiger partial charge on any atom is -0.355 e. The molecule has 0 saturated heterocycles. The molecular formula is C25H24FN5O5S. The number of nitriles is 1. The van der Waals surface area contributed by atoms with Crippen LogP contribution < -0.4 is 15.5 Å². The second-order valence-electron chi connectivity index (χ2n) is 8.73. The summed E-state index contributed by atoms with van der Waals surface area (Å²) in [5.74, 6) is -0.708. The highest BCUT2D eigenvalue weighted by Gasteiger charge is 2.45. The number of hydrogen-bond acceptors (Lipinski definition) is 6. The highest BCUT2D eigenvalue weighted by Crippen LogP contribution is 2.40. The number of anilines is 1. The van der Waals surface area contributed by atoms with Crippen molar-refractivity contribution in [2.24, 2.45) is 0 Å². The molecule has 2 aliphatic rings. The fourth-order valence-electron chi connectivity index (χ4n) is 4.49. The lowest BCUT2D eigenvalue weighted by molar-refractivity contribution is -0.126. The van der Waals surface area contributed by atoms with Gasteiger partial charge in [-0.2, -0.15) is 5.26 Å². The van der Waals surface area contributed by atoms with E-state index in [0.717, 1.165) is 6.26 Å². The van der Waals surface area contributed by atoms with Gasteiger partial charge in [-0.1, -0.05) is 18.2 Å². The van der Waals surface area contributed by atoms with Crippen LogP contribution in [0.5, 0.6) is 0 Å². The smallest absolute Gasteiger partial charge is 0.327 e. The number of hydrogen-bond donors (Lipinski definition) is 2. The van der Waals surface area contributed by atoms with Crippen LogP contribution in [0.2, 0.25) is 0 Å². The molecule has 1 atom stereocenters. The second kappa shape index (κ2) is 10.0. The third kappa shape index (κ3) is 5.03.